The molecule has 3 aromatic rings. The van der Waals surface area contributed by atoms with Gasteiger partial charge in [-0.1, -0.05) is 38.3 Å². The molecule has 1 aromatic carbocycles. The van der Waals surface area contributed by atoms with Gasteiger partial charge in [0, 0.05) is 17.5 Å². The molecule has 0 saturated heterocycles. The van der Waals surface area contributed by atoms with E-state index in [0.29, 0.717) is 17.8 Å². The van der Waals surface area contributed by atoms with E-state index in [1.54, 1.807) is 28.4 Å². The number of nitrogens with one attached hydrogen (secondary N) is 1. The number of carbonyl (C=O) groups excluding carboxylic acids is 2. The number of aromatic nitrogens is 1. The zero-order chi connectivity index (χ0) is 23.2. The zero-order valence-corrected chi connectivity index (χ0v) is 20.0. The third-order valence-electron chi connectivity index (χ3n) is 7.17. The normalized spacial score (nSPS) is 21.4. The van der Waals surface area contributed by atoms with Gasteiger partial charge in [-0.3, -0.25) is 9.59 Å². The summed E-state index contributed by atoms with van der Waals surface area (Å²) in [7, 11) is 0. The van der Waals surface area contributed by atoms with E-state index in [9.17, 15) is 14.0 Å². The van der Waals surface area contributed by atoms with Gasteiger partial charge in [0.2, 0.25) is 5.91 Å². The maximum Gasteiger partial charge on any atom is 0.271 e. The van der Waals surface area contributed by atoms with Crippen molar-refractivity contribution < 1.29 is 14.0 Å². The molecule has 2 aliphatic rings. The second-order valence-corrected chi connectivity index (χ2v) is 10.7. The number of nitrogens with zero attached hydrogens (tertiary/aromatic N) is 2. The first-order valence-corrected chi connectivity index (χ1v) is 12.7. The average molecular weight is 468 g/mol. The van der Waals surface area contributed by atoms with Crippen molar-refractivity contribution in [1.82, 2.24) is 14.8 Å². The summed E-state index contributed by atoms with van der Waals surface area (Å²) in [5, 5.41) is 3.25. The second-order valence-electron chi connectivity index (χ2n) is 9.53. The number of hydrogen-bond acceptors (Lipinski definition) is 3. The monoisotopic (exact) mass is 467 g/mol. The van der Waals surface area contributed by atoms with Crippen LogP contribution >= 0.6 is 11.3 Å². The quantitative estimate of drug-likeness (QED) is 0.556. The van der Waals surface area contributed by atoms with Crippen molar-refractivity contribution in [2.24, 2.45) is 0 Å². The number of hydrogen-bond donors (Lipinski definition) is 1. The van der Waals surface area contributed by atoms with Crippen molar-refractivity contribution in [1.29, 1.82) is 0 Å². The predicted octanol–water partition coefficient (Wildman–Crippen LogP) is 5.27. The highest BCUT2D eigenvalue weighted by Gasteiger charge is 2.48. The van der Waals surface area contributed by atoms with E-state index >= 15 is 0 Å². The molecule has 1 fully saturated rings. The first-order valence-electron chi connectivity index (χ1n) is 11.9. The molecule has 1 N–H and O–H groups in total. The van der Waals surface area contributed by atoms with Crippen LogP contribution in [0.3, 0.4) is 0 Å². The summed E-state index contributed by atoms with van der Waals surface area (Å²) in [5.41, 5.74) is 1.21. The highest BCUT2D eigenvalue weighted by atomic mass is 32.1. The maximum absolute atomic E-state index is 13.9. The van der Waals surface area contributed by atoms with E-state index in [4.69, 9.17) is 0 Å². The Labute approximate surface area is 197 Å². The summed E-state index contributed by atoms with van der Waals surface area (Å²) in [4.78, 5) is 30.4. The molecule has 0 radical (unpaired) electrons. The van der Waals surface area contributed by atoms with E-state index in [1.807, 2.05) is 17.6 Å². The van der Waals surface area contributed by atoms with E-state index in [2.05, 4.69) is 18.3 Å². The summed E-state index contributed by atoms with van der Waals surface area (Å²) in [6.45, 7) is 4.54. The Hall–Kier alpha value is -2.67. The van der Waals surface area contributed by atoms with Crippen LogP contribution in [-0.4, -0.2) is 32.9 Å². The SMILES string of the molecule is CCc1cc2c(cc3n2C[C@@](C)(C(=O)NC2CCCCC2)N(Cc2cccc(F)c2)C3=O)s1. The average Bonchev–Trinajstić information content (AvgIpc) is 3.36. The minimum atomic E-state index is -1.08. The molecule has 1 saturated carbocycles. The zero-order valence-electron chi connectivity index (χ0n) is 19.2. The molecule has 5 rings (SSSR count). The molecule has 2 amide bonds. The number of benzene rings is 1. The van der Waals surface area contributed by atoms with Gasteiger partial charge >= 0.3 is 0 Å². The van der Waals surface area contributed by atoms with Crippen molar-refractivity contribution in [3.05, 3.63) is 58.3 Å². The Morgan fingerprint density at radius 3 is 2.73 bits per heavy atom. The molecule has 174 valence electrons. The number of carbonyl (C=O) groups is 2. The Kier molecular flexibility index (Phi) is 5.77. The second kappa shape index (κ2) is 8.60. The Bertz CT molecular complexity index is 1210. The lowest BCUT2D eigenvalue weighted by Crippen LogP contribution is -2.64. The number of thiophene rings is 1. The van der Waals surface area contributed by atoms with Crippen molar-refractivity contribution in [3.63, 3.8) is 0 Å². The fourth-order valence-electron chi connectivity index (χ4n) is 5.22. The molecule has 1 atom stereocenters. The standard InChI is InChI=1S/C26H30FN3O2S/c1-3-20-13-21-23(33-20)14-22-24(31)30(15-17-8-7-9-18(27)12-17)26(2,16-29(21)22)25(32)28-19-10-5-4-6-11-19/h7-9,12-14,19H,3-6,10-11,15-16H2,1-2H3,(H,28,32)/t26-/m0/s1. The maximum atomic E-state index is 13.9. The molecule has 0 unspecified atom stereocenters. The smallest absolute Gasteiger partial charge is 0.271 e. The molecule has 0 spiro atoms. The Morgan fingerprint density at radius 2 is 2.00 bits per heavy atom. The van der Waals surface area contributed by atoms with Gasteiger partial charge < -0.3 is 14.8 Å². The lowest BCUT2D eigenvalue weighted by atomic mass is 9.91. The molecule has 33 heavy (non-hydrogen) atoms. The molecule has 1 aliphatic carbocycles. The minimum absolute atomic E-state index is 0.127. The van der Waals surface area contributed by atoms with E-state index in [0.717, 1.165) is 42.3 Å². The van der Waals surface area contributed by atoms with Crippen LogP contribution in [0.2, 0.25) is 0 Å². The summed E-state index contributed by atoms with van der Waals surface area (Å²) >= 11 is 1.70. The van der Waals surface area contributed by atoms with Gasteiger partial charge in [-0.2, -0.15) is 0 Å². The fraction of sp³-hybridized carbons (Fsp3) is 0.462. The van der Waals surface area contributed by atoms with Crippen molar-refractivity contribution in [3.8, 4) is 0 Å². The first-order chi connectivity index (χ1) is 15.9. The number of fused-ring (bicyclic) bond motifs is 3. The van der Waals surface area contributed by atoms with Gasteiger partial charge in [-0.25, -0.2) is 4.39 Å². The van der Waals surface area contributed by atoms with Crippen molar-refractivity contribution in [2.45, 2.75) is 77.0 Å². The van der Waals surface area contributed by atoms with Crippen LogP contribution in [0.5, 0.6) is 0 Å². The van der Waals surface area contributed by atoms with E-state index < -0.39 is 5.54 Å². The lowest BCUT2D eigenvalue weighted by molar-refractivity contribution is -0.134. The summed E-state index contributed by atoms with van der Waals surface area (Å²) in [5.74, 6) is -0.660. The van der Waals surface area contributed by atoms with Crippen molar-refractivity contribution in [2.75, 3.05) is 0 Å². The lowest BCUT2D eigenvalue weighted by Gasteiger charge is -2.45. The van der Waals surface area contributed by atoms with Crippen molar-refractivity contribution >= 4 is 33.4 Å². The number of amides is 2. The van der Waals surface area contributed by atoms with Gasteiger partial charge in [0.15, 0.2) is 0 Å². The third-order valence-corrected chi connectivity index (χ3v) is 8.39. The highest BCUT2D eigenvalue weighted by Crippen LogP contribution is 2.37. The van der Waals surface area contributed by atoms with Crippen LogP contribution in [-0.2, 0) is 24.3 Å². The molecular weight excluding hydrogens is 437 g/mol. The molecular formula is C26H30FN3O2S. The van der Waals surface area contributed by atoms with E-state index in [-0.39, 0.29) is 30.2 Å². The van der Waals surface area contributed by atoms with Crippen LogP contribution in [0.1, 0.15) is 66.9 Å². The van der Waals surface area contributed by atoms with Gasteiger partial charge in [-0.05, 0) is 56.0 Å². The molecule has 5 nitrogen and oxygen atoms in total. The van der Waals surface area contributed by atoms with Crippen LogP contribution in [0.4, 0.5) is 4.39 Å². The van der Waals surface area contributed by atoms with Crippen LogP contribution in [0.15, 0.2) is 36.4 Å². The third kappa shape index (κ3) is 3.97. The molecule has 1 aliphatic heterocycles. The fourth-order valence-corrected chi connectivity index (χ4v) is 6.26. The highest BCUT2D eigenvalue weighted by molar-refractivity contribution is 7.19. The number of halogens is 1. The van der Waals surface area contributed by atoms with Gasteiger partial charge in [0.1, 0.15) is 17.1 Å². The first kappa shape index (κ1) is 22.1. The van der Waals surface area contributed by atoms with Gasteiger partial charge in [0.25, 0.3) is 5.91 Å². The molecule has 3 heterocycles. The van der Waals surface area contributed by atoms with Crippen LogP contribution in [0.25, 0.3) is 10.2 Å². The summed E-state index contributed by atoms with van der Waals surface area (Å²) in [6.07, 6.45) is 6.33. The van der Waals surface area contributed by atoms with Gasteiger partial charge in [-0.15, -0.1) is 11.3 Å². The van der Waals surface area contributed by atoms with E-state index in [1.165, 1.54) is 23.4 Å². The molecule has 0 bridgehead atoms. The molecule has 7 heteroatoms. The topological polar surface area (TPSA) is 54.3 Å². The Balaban J connectivity index is 1.54. The number of aryl methyl sites for hydroxylation is 1. The molecule has 2 aromatic heterocycles. The summed E-state index contributed by atoms with van der Waals surface area (Å²) < 4.78 is 17.0. The number of rotatable bonds is 5. The van der Waals surface area contributed by atoms with Gasteiger partial charge in [0.05, 0.1) is 16.8 Å². The largest absolute Gasteiger partial charge is 0.351 e. The van der Waals surface area contributed by atoms with Crippen LogP contribution < -0.4 is 5.32 Å². The van der Waals surface area contributed by atoms with Crippen LogP contribution in [0, 0.1) is 5.82 Å². The predicted molar refractivity (Wildman–Crippen MR) is 129 cm³/mol. The minimum Gasteiger partial charge on any atom is -0.351 e. The Morgan fingerprint density at radius 1 is 1.21 bits per heavy atom. The summed E-state index contributed by atoms with van der Waals surface area (Å²) in [6, 6.07) is 10.5.